The summed E-state index contributed by atoms with van der Waals surface area (Å²) in [4.78, 5) is 6.82. The molecule has 2 fully saturated rings. The molecule has 5 heteroatoms. The molecule has 0 aliphatic carbocycles. The van der Waals surface area contributed by atoms with E-state index in [4.69, 9.17) is 13.9 Å². The van der Waals surface area contributed by atoms with E-state index in [1.54, 1.807) is 0 Å². The average Bonchev–Trinajstić information content (AvgIpc) is 3.24. The number of pyridine rings is 1. The molecule has 2 aliphatic heterocycles. The van der Waals surface area contributed by atoms with Gasteiger partial charge in [0.15, 0.2) is 0 Å². The first-order valence-corrected chi connectivity index (χ1v) is 8.72. The lowest BCUT2D eigenvalue weighted by Gasteiger charge is -2.40. The van der Waals surface area contributed by atoms with Crippen molar-refractivity contribution in [1.82, 2.24) is 9.88 Å². The molecule has 4 heterocycles. The topological polar surface area (TPSA) is 47.7 Å². The Kier molecular flexibility index (Phi) is 4.65. The molecular weight excluding hydrogens is 304 g/mol. The number of piperidine rings is 1. The van der Waals surface area contributed by atoms with E-state index in [0.717, 1.165) is 49.8 Å². The summed E-state index contributed by atoms with van der Waals surface area (Å²) in [5.41, 5.74) is 0.973. The number of aryl methyl sites for hydroxylation is 1. The average molecular weight is 328 g/mol. The van der Waals surface area contributed by atoms with E-state index in [-0.39, 0.29) is 12.2 Å². The lowest BCUT2D eigenvalue weighted by atomic mass is 9.95. The number of likely N-dealkylation sites (tertiary alicyclic amines) is 1. The maximum absolute atomic E-state index is 6.15. The van der Waals surface area contributed by atoms with Crippen LogP contribution in [0.3, 0.4) is 0 Å². The third-order valence-electron chi connectivity index (χ3n) is 4.97. The van der Waals surface area contributed by atoms with Crippen LogP contribution in [0, 0.1) is 6.92 Å². The zero-order chi connectivity index (χ0) is 16.4. The molecule has 0 radical (unpaired) electrons. The minimum atomic E-state index is 0.147. The zero-order valence-electron chi connectivity index (χ0n) is 14.1. The Morgan fingerprint density at radius 1 is 1.25 bits per heavy atom. The summed E-state index contributed by atoms with van der Waals surface area (Å²) in [6.45, 7) is 5.22. The van der Waals surface area contributed by atoms with Crippen LogP contribution in [0.25, 0.3) is 0 Å². The first-order chi connectivity index (χ1) is 11.8. The van der Waals surface area contributed by atoms with E-state index in [1.807, 2.05) is 37.4 Å². The van der Waals surface area contributed by atoms with Gasteiger partial charge in [-0.2, -0.15) is 0 Å². The molecule has 0 spiro atoms. The Morgan fingerprint density at radius 2 is 2.21 bits per heavy atom. The lowest BCUT2D eigenvalue weighted by Crippen LogP contribution is -2.52. The molecule has 24 heavy (non-hydrogen) atoms. The van der Waals surface area contributed by atoms with Gasteiger partial charge in [-0.3, -0.25) is 9.88 Å². The van der Waals surface area contributed by atoms with E-state index in [1.165, 1.54) is 0 Å². The summed E-state index contributed by atoms with van der Waals surface area (Å²) in [7, 11) is 0. The second-order valence-electron chi connectivity index (χ2n) is 6.63. The van der Waals surface area contributed by atoms with Crippen molar-refractivity contribution in [3.63, 3.8) is 0 Å². The van der Waals surface area contributed by atoms with Gasteiger partial charge in [0.1, 0.15) is 11.5 Å². The summed E-state index contributed by atoms with van der Waals surface area (Å²) >= 11 is 0. The smallest absolute Gasteiger partial charge is 0.118 e. The second-order valence-corrected chi connectivity index (χ2v) is 6.63. The van der Waals surface area contributed by atoms with Gasteiger partial charge in [0.2, 0.25) is 0 Å². The molecule has 3 atom stereocenters. The highest BCUT2D eigenvalue weighted by atomic mass is 16.5. The summed E-state index contributed by atoms with van der Waals surface area (Å²) in [5, 5.41) is 0. The van der Waals surface area contributed by atoms with E-state index in [0.29, 0.717) is 12.6 Å². The Morgan fingerprint density at radius 3 is 3.00 bits per heavy atom. The molecule has 0 N–H and O–H groups in total. The predicted molar refractivity (Wildman–Crippen MR) is 89.4 cm³/mol. The van der Waals surface area contributed by atoms with Crippen molar-refractivity contribution in [2.45, 2.75) is 51.2 Å². The molecule has 5 nitrogen and oxygen atoms in total. The Balaban J connectivity index is 1.38. The van der Waals surface area contributed by atoms with Crippen molar-refractivity contribution in [3.05, 3.63) is 53.7 Å². The van der Waals surface area contributed by atoms with Crippen molar-refractivity contribution < 1.29 is 13.9 Å². The van der Waals surface area contributed by atoms with Gasteiger partial charge in [-0.15, -0.1) is 0 Å². The summed E-state index contributed by atoms with van der Waals surface area (Å²) < 4.78 is 17.9. The van der Waals surface area contributed by atoms with E-state index < -0.39 is 0 Å². The summed E-state index contributed by atoms with van der Waals surface area (Å²) in [6.07, 6.45) is 4.15. The van der Waals surface area contributed by atoms with Crippen molar-refractivity contribution in [1.29, 1.82) is 0 Å². The van der Waals surface area contributed by atoms with Crippen LogP contribution in [0.2, 0.25) is 0 Å². The fraction of sp³-hybridized carbons (Fsp3) is 0.526. The molecule has 128 valence electrons. The minimum Gasteiger partial charge on any atom is -0.465 e. The van der Waals surface area contributed by atoms with Crippen LogP contribution in [0.5, 0.6) is 0 Å². The Labute approximate surface area is 142 Å². The van der Waals surface area contributed by atoms with E-state index in [2.05, 4.69) is 16.0 Å². The molecule has 0 saturated carbocycles. The number of hydrogen-bond acceptors (Lipinski definition) is 5. The van der Waals surface area contributed by atoms with Gasteiger partial charge in [-0.1, -0.05) is 6.07 Å². The van der Waals surface area contributed by atoms with Crippen LogP contribution >= 0.6 is 0 Å². The minimum absolute atomic E-state index is 0.147. The standard InChI is InChI=1S/C19H24N2O3/c1-14-5-6-16(24-14)12-21-10-7-18(19-17(21)8-11-22-19)23-13-15-4-2-3-9-20-15/h2-6,9,17-19H,7-8,10-13H2,1H3/t17-,18+,19-/m0/s1. The Hall–Kier alpha value is -1.69. The second kappa shape index (κ2) is 7.05. The quantitative estimate of drug-likeness (QED) is 0.844. The van der Waals surface area contributed by atoms with Crippen molar-refractivity contribution in [2.75, 3.05) is 13.2 Å². The highest BCUT2D eigenvalue weighted by molar-refractivity contribution is 5.07. The molecule has 2 aromatic rings. The fourth-order valence-electron chi connectivity index (χ4n) is 3.79. The third kappa shape index (κ3) is 3.38. The van der Waals surface area contributed by atoms with Gasteiger partial charge in [-0.25, -0.2) is 0 Å². The predicted octanol–water partition coefficient (Wildman–Crippen LogP) is 2.93. The number of fused-ring (bicyclic) bond motifs is 1. The maximum Gasteiger partial charge on any atom is 0.118 e. The number of furan rings is 1. The van der Waals surface area contributed by atoms with Gasteiger partial charge in [0.05, 0.1) is 31.1 Å². The van der Waals surface area contributed by atoms with Crippen LogP contribution in [-0.4, -0.2) is 41.3 Å². The number of rotatable bonds is 5. The monoisotopic (exact) mass is 328 g/mol. The fourth-order valence-corrected chi connectivity index (χ4v) is 3.79. The molecule has 0 unspecified atom stereocenters. The normalized spacial score (nSPS) is 27.3. The van der Waals surface area contributed by atoms with Crippen LogP contribution in [0.15, 0.2) is 40.9 Å². The van der Waals surface area contributed by atoms with Crippen molar-refractivity contribution >= 4 is 0 Å². The van der Waals surface area contributed by atoms with Gasteiger partial charge in [-0.05, 0) is 44.0 Å². The van der Waals surface area contributed by atoms with Gasteiger partial charge >= 0.3 is 0 Å². The SMILES string of the molecule is Cc1ccc(CN2CC[C@@H](OCc3ccccn3)[C@H]3OCC[C@@H]32)o1. The Bertz CT molecular complexity index is 658. The maximum atomic E-state index is 6.15. The third-order valence-corrected chi connectivity index (χ3v) is 4.97. The lowest BCUT2D eigenvalue weighted by molar-refractivity contribution is -0.107. The van der Waals surface area contributed by atoms with E-state index >= 15 is 0 Å². The highest BCUT2D eigenvalue weighted by Crippen LogP contribution is 2.32. The number of hydrogen-bond donors (Lipinski definition) is 0. The van der Waals surface area contributed by atoms with Gasteiger partial charge < -0.3 is 13.9 Å². The largest absolute Gasteiger partial charge is 0.465 e. The molecular formula is C19H24N2O3. The molecule has 4 rings (SSSR count). The molecule has 0 bridgehead atoms. The van der Waals surface area contributed by atoms with Crippen molar-refractivity contribution in [2.24, 2.45) is 0 Å². The first-order valence-electron chi connectivity index (χ1n) is 8.72. The summed E-state index contributed by atoms with van der Waals surface area (Å²) in [6, 6.07) is 10.4. The van der Waals surface area contributed by atoms with Crippen LogP contribution in [-0.2, 0) is 22.6 Å². The molecule has 0 aromatic carbocycles. The van der Waals surface area contributed by atoms with E-state index in [9.17, 15) is 0 Å². The molecule has 0 amide bonds. The highest BCUT2D eigenvalue weighted by Gasteiger charge is 2.42. The van der Waals surface area contributed by atoms with Crippen LogP contribution < -0.4 is 0 Å². The zero-order valence-corrected chi connectivity index (χ0v) is 14.1. The molecule has 2 aliphatic rings. The van der Waals surface area contributed by atoms with Crippen LogP contribution in [0.4, 0.5) is 0 Å². The number of ether oxygens (including phenoxy) is 2. The number of aromatic nitrogens is 1. The van der Waals surface area contributed by atoms with Crippen LogP contribution in [0.1, 0.15) is 30.1 Å². The van der Waals surface area contributed by atoms with Gasteiger partial charge in [0, 0.05) is 25.4 Å². The number of nitrogens with zero attached hydrogens (tertiary/aromatic N) is 2. The van der Waals surface area contributed by atoms with Crippen molar-refractivity contribution in [3.8, 4) is 0 Å². The summed E-state index contributed by atoms with van der Waals surface area (Å²) in [5.74, 6) is 2.00. The molecule has 2 aromatic heterocycles. The first kappa shape index (κ1) is 15.8. The molecule has 2 saturated heterocycles. The van der Waals surface area contributed by atoms with Gasteiger partial charge in [0.25, 0.3) is 0 Å².